The van der Waals surface area contributed by atoms with Gasteiger partial charge in [-0.2, -0.15) is 5.90 Å². The number of imidazole rings is 1. The number of aromatic nitrogens is 2. The van der Waals surface area contributed by atoms with Crippen LogP contribution in [0.1, 0.15) is 17.2 Å². The van der Waals surface area contributed by atoms with Crippen molar-refractivity contribution in [2.45, 2.75) is 12.5 Å². The number of hydrogen-bond acceptors (Lipinski definition) is 5. The molecular formula is C22H23N3O4. The minimum atomic E-state index is -1.06. The second-order valence-electron chi connectivity index (χ2n) is 6.42. The van der Waals surface area contributed by atoms with E-state index in [1.807, 2.05) is 59.3 Å². The Kier molecular flexibility index (Phi) is 7.16. The van der Waals surface area contributed by atoms with Crippen molar-refractivity contribution in [2.24, 2.45) is 5.90 Å². The molecule has 0 radical (unpaired) electrons. The van der Waals surface area contributed by atoms with Gasteiger partial charge in [0.25, 0.3) is 0 Å². The van der Waals surface area contributed by atoms with Crippen LogP contribution in [0.5, 0.6) is 0 Å². The van der Waals surface area contributed by atoms with Crippen molar-refractivity contribution < 1.29 is 19.5 Å². The maximum absolute atomic E-state index is 10.8. The molecule has 1 atom stereocenters. The van der Waals surface area contributed by atoms with Gasteiger partial charge in [0.05, 0.1) is 12.4 Å². The largest absolute Gasteiger partial charge is 0.480 e. The first-order chi connectivity index (χ1) is 14.2. The summed E-state index contributed by atoms with van der Waals surface area (Å²) in [5.74, 6) is 4.91. The number of nitrogens with two attached hydrogens (primary N) is 1. The molecule has 0 fully saturated rings. The number of carboxylic acids is 1. The lowest BCUT2D eigenvalue weighted by Crippen LogP contribution is -2.19. The first-order valence-electron chi connectivity index (χ1n) is 9.15. The molecule has 7 nitrogen and oxygen atoms in total. The van der Waals surface area contributed by atoms with Crippen LogP contribution >= 0.6 is 0 Å². The average Bonchev–Trinajstić information content (AvgIpc) is 3.28. The Bertz CT molecular complexity index is 925. The summed E-state index contributed by atoms with van der Waals surface area (Å²) in [6, 6.07) is 19.6. The van der Waals surface area contributed by atoms with Gasteiger partial charge in [-0.25, -0.2) is 9.78 Å². The fourth-order valence-corrected chi connectivity index (χ4v) is 3.21. The minimum absolute atomic E-state index is 0.0625. The van der Waals surface area contributed by atoms with Crippen molar-refractivity contribution in [1.29, 1.82) is 0 Å². The van der Waals surface area contributed by atoms with E-state index < -0.39 is 12.6 Å². The summed E-state index contributed by atoms with van der Waals surface area (Å²) in [7, 11) is 0. The Labute approximate surface area is 169 Å². The predicted molar refractivity (Wildman–Crippen MR) is 108 cm³/mol. The molecule has 0 saturated carbocycles. The van der Waals surface area contributed by atoms with Crippen molar-refractivity contribution in [3.63, 3.8) is 0 Å². The third kappa shape index (κ3) is 5.54. The lowest BCUT2D eigenvalue weighted by atomic mass is 9.92. The number of nitrogens with zero attached hydrogens (tertiary/aromatic N) is 2. The summed E-state index contributed by atoms with van der Waals surface area (Å²) >= 11 is 0. The van der Waals surface area contributed by atoms with Gasteiger partial charge < -0.3 is 19.2 Å². The highest BCUT2D eigenvalue weighted by Crippen LogP contribution is 2.34. The highest BCUT2D eigenvalue weighted by Gasteiger charge is 2.24. The molecule has 0 aliphatic heterocycles. The number of benzene rings is 2. The van der Waals surface area contributed by atoms with Crippen molar-refractivity contribution in [3.8, 4) is 0 Å². The van der Waals surface area contributed by atoms with E-state index in [1.54, 1.807) is 12.5 Å². The average molecular weight is 393 g/mol. The molecule has 0 aliphatic rings. The highest BCUT2D eigenvalue weighted by molar-refractivity contribution is 5.71. The van der Waals surface area contributed by atoms with Gasteiger partial charge in [-0.3, -0.25) is 0 Å². The normalized spacial score (nSPS) is 12.9. The van der Waals surface area contributed by atoms with E-state index in [0.29, 0.717) is 12.2 Å². The molecule has 1 heterocycles. The molecule has 1 aromatic heterocycles. The summed E-state index contributed by atoms with van der Waals surface area (Å²) in [5.41, 5.74) is 2.84. The van der Waals surface area contributed by atoms with Crippen LogP contribution < -0.4 is 5.90 Å². The van der Waals surface area contributed by atoms with Gasteiger partial charge in [0.2, 0.25) is 0 Å². The minimum Gasteiger partial charge on any atom is -0.480 e. The van der Waals surface area contributed by atoms with Gasteiger partial charge in [0.15, 0.2) is 5.76 Å². The van der Waals surface area contributed by atoms with E-state index in [4.69, 9.17) is 20.6 Å². The van der Waals surface area contributed by atoms with Crippen LogP contribution in [0.4, 0.5) is 0 Å². The first kappa shape index (κ1) is 20.3. The predicted octanol–water partition coefficient (Wildman–Crippen LogP) is 3.07. The Morgan fingerprint density at radius 1 is 1.07 bits per heavy atom. The zero-order valence-corrected chi connectivity index (χ0v) is 15.8. The van der Waals surface area contributed by atoms with Gasteiger partial charge in [-0.15, -0.1) is 0 Å². The number of hydrogen-bond donors (Lipinski definition) is 2. The van der Waals surface area contributed by atoms with E-state index in [1.165, 1.54) is 0 Å². The van der Waals surface area contributed by atoms with Gasteiger partial charge in [0.1, 0.15) is 13.2 Å². The molecule has 3 rings (SSSR count). The number of rotatable bonds is 10. The Morgan fingerprint density at radius 2 is 1.76 bits per heavy atom. The van der Waals surface area contributed by atoms with Crippen LogP contribution in [0.2, 0.25) is 0 Å². The lowest BCUT2D eigenvalue weighted by molar-refractivity contribution is -0.142. The fraction of sp³-hybridized carbons (Fsp3) is 0.182. The van der Waals surface area contributed by atoms with Gasteiger partial charge in [0, 0.05) is 18.0 Å². The summed E-state index contributed by atoms with van der Waals surface area (Å²) in [4.78, 5) is 20.2. The topological polar surface area (TPSA) is 99.6 Å². The quantitative estimate of drug-likeness (QED) is 0.406. The van der Waals surface area contributed by atoms with Crippen LogP contribution in [0.25, 0.3) is 5.57 Å². The van der Waals surface area contributed by atoms with Gasteiger partial charge in [-0.1, -0.05) is 60.7 Å². The van der Waals surface area contributed by atoms with Crippen molar-refractivity contribution in [1.82, 2.24) is 9.55 Å². The second-order valence-corrected chi connectivity index (χ2v) is 6.42. The smallest absolute Gasteiger partial charge is 0.329 e. The summed E-state index contributed by atoms with van der Waals surface area (Å²) < 4.78 is 7.26. The van der Waals surface area contributed by atoms with E-state index >= 15 is 0 Å². The van der Waals surface area contributed by atoms with Crippen molar-refractivity contribution >= 4 is 11.5 Å². The molecule has 0 bridgehead atoms. The summed E-state index contributed by atoms with van der Waals surface area (Å²) in [5, 5.41) is 8.88. The molecule has 3 aromatic rings. The number of carbonyl (C=O) groups is 1. The number of aliphatic carboxylic acids is 1. The Balaban J connectivity index is 2.07. The first-order valence-corrected chi connectivity index (χ1v) is 9.15. The summed E-state index contributed by atoms with van der Waals surface area (Å²) in [6.07, 6.45) is 5.99. The molecule has 0 spiro atoms. The standard InChI is InChI=1S/C22H23N3O4/c23-29-20(14-28-15-21(26)27)22(18-9-5-2-6-10-18)19(25-12-11-24-16-25)13-17-7-3-1-4-8-17/h1-12,16,19H,13-15,23H2,(H,26,27). The zero-order chi connectivity index (χ0) is 20.5. The van der Waals surface area contributed by atoms with Gasteiger partial charge in [-0.05, 0) is 17.5 Å². The fourth-order valence-electron chi connectivity index (χ4n) is 3.21. The SMILES string of the molecule is NOC(COCC(=O)O)=C(c1ccccc1)C(Cc1ccccc1)n1ccnc1. The van der Waals surface area contributed by atoms with Crippen LogP contribution in [0.3, 0.4) is 0 Å². The van der Waals surface area contributed by atoms with E-state index in [9.17, 15) is 4.79 Å². The monoisotopic (exact) mass is 393 g/mol. The Hall–Kier alpha value is -3.42. The molecule has 29 heavy (non-hydrogen) atoms. The number of ether oxygens (including phenoxy) is 1. The third-order valence-corrected chi connectivity index (χ3v) is 4.48. The highest BCUT2D eigenvalue weighted by atomic mass is 16.6. The van der Waals surface area contributed by atoms with Crippen molar-refractivity contribution in [2.75, 3.05) is 13.2 Å². The van der Waals surface area contributed by atoms with Crippen LogP contribution in [-0.2, 0) is 20.8 Å². The maximum Gasteiger partial charge on any atom is 0.329 e. The second kappa shape index (κ2) is 10.2. The molecule has 2 aromatic carbocycles. The lowest BCUT2D eigenvalue weighted by Gasteiger charge is -2.25. The number of carboxylic acid groups (broad SMARTS) is 1. The molecular weight excluding hydrogens is 370 g/mol. The van der Waals surface area contributed by atoms with Crippen molar-refractivity contribution in [3.05, 3.63) is 96.3 Å². The molecule has 3 N–H and O–H groups in total. The summed E-state index contributed by atoms with van der Waals surface area (Å²) in [6.45, 7) is -0.504. The number of allylic oxidation sites excluding steroid dienone is 1. The molecule has 150 valence electrons. The van der Waals surface area contributed by atoms with Gasteiger partial charge >= 0.3 is 5.97 Å². The van der Waals surface area contributed by atoms with Crippen LogP contribution in [-0.4, -0.2) is 33.8 Å². The van der Waals surface area contributed by atoms with E-state index in [-0.39, 0.29) is 12.6 Å². The van der Waals surface area contributed by atoms with E-state index in [2.05, 4.69) is 17.1 Å². The molecule has 0 aliphatic carbocycles. The maximum atomic E-state index is 10.8. The van der Waals surface area contributed by atoms with Crippen LogP contribution in [0.15, 0.2) is 85.1 Å². The van der Waals surface area contributed by atoms with E-state index in [0.717, 1.165) is 16.7 Å². The molecule has 0 saturated heterocycles. The Morgan fingerprint density at radius 3 is 2.34 bits per heavy atom. The third-order valence-electron chi connectivity index (χ3n) is 4.48. The molecule has 7 heteroatoms. The zero-order valence-electron chi connectivity index (χ0n) is 15.8. The molecule has 0 amide bonds. The van der Waals surface area contributed by atoms with Crippen LogP contribution in [0, 0.1) is 0 Å². The molecule has 1 unspecified atom stereocenters.